The number of carbonyl (C=O) groups excluding carboxylic acids is 2. The van der Waals surface area contributed by atoms with E-state index in [1.54, 1.807) is 6.07 Å². The lowest BCUT2D eigenvalue weighted by atomic mass is 9.95. The molecule has 1 aliphatic carbocycles. The number of hydrogen-bond donors (Lipinski definition) is 3. The average Bonchev–Trinajstić information content (AvgIpc) is 2.89. The summed E-state index contributed by atoms with van der Waals surface area (Å²) in [7, 11) is 0. The Morgan fingerprint density at radius 3 is 2.25 bits per heavy atom. The third-order valence-corrected chi connectivity index (χ3v) is 4.37. The van der Waals surface area contributed by atoms with Crippen molar-refractivity contribution in [3.05, 3.63) is 23.8 Å². The molecule has 1 saturated carbocycles. The first-order chi connectivity index (χ1) is 10.6. The molecule has 0 unspecified atom stereocenters. The Morgan fingerprint density at radius 1 is 1.12 bits per heavy atom. The van der Waals surface area contributed by atoms with Crippen molar-refractivity contribution in [3.63, 3.8) is 0 Å². The van der Waals surface area contributed by atoms with Crippen molar-refractivity contribution < 1.29 is 9.59 Å². The minimum atomic E-state index is -0.764. The van der Waals surface area contributed by atoms with E-state index in [1.165, 1.54) is 0 Å². The number of aryl methyl sites for hydroxylation is 1. The number of rotatable bonds is 3. The molecule has 1 aliphatic rings. The van der Waals surface area contributed by atoms with Crippen molar-refractivity contribution in [1.82, 2.24) is 0 Å². The van der Waals surface area contributed by atoms with E-state index >= 15 is 0 Å². The summed E-state index contributed by atoms with van der Waals surface area (Å²) >= 11 is 0. The van der Waals surface area contributed by atoms with Gasteiger partial charge in [-0.05, 0) is 37.5 Å². The topological polar surface area (TPSA) is 84.2 Å². The van der Waals surface area contributed by atoms with E-state index in [0.29, 0.717) is 11.4 Å². The van der Waals surface area contributed by atoms with Crippen LogP contribution in [0.25, 0.3) is 0 Å². The van der Waals surface area contributed by atoms with Crippen LogP contribution >= 0.6 is 12.4 Å². The van der Waals surface area contributed by atoms with Gasteiger partial charge >= 0.3 is 0 Å². The molecule has 2 rings (SSSR count). The van der Waals surface area contributed by atoms with Crippen LogP contribution in [0, 0.1) is 12.3 Å². The number of nitrogens with two attached hydrogens (primary N) is 1. The van der Waals surface area contributed by atoms with Gasteiger partial charge in [-0.3, -0.25) is 9.59 Å². The quantitative estimate of drug-likeness (QED) is 0.776. The van der Waals surface area contributed by atoms with E-state index in [9.17, 15) is 9.59 Å². The summed E-state index contributed by atoms with van der Waals surface area (Å²) in [6.45, 7) is 7.51. The molecule has 4 N–H and O–H groups in total. The van der Waals surface area contributed by atoms with Gasteiger partial charge in [0.25, 0.3) is 0 Å². The number of hydrogen-bond acceptors (Lipinski definition) is 3. The van der Waals surface area contributed by atoms with E-state index in [2.05, 4.69) is 10.6 Å². The molecule has 0 heterocycles. The van der Waals surface area contributed by atoms with Gasteiger partial charge < -0.3 is 16.4 Å². The molecule has 134 valence electrons. The van der Waals surface area contributed by atoms with E-state index in [0.717, 1.165) is 31.2 Å². The van der Waals surface area contributed by atoms with Gasteiger partial charge in [-0.25, -0.2) is 0 Å². The summed E-state index contributed by atoms with van der Waals surface area (Å²) < 4.78 is 0. The maximum atomic E-state index is 12.4. The Bertz CT molecular complexity index is 617. The molecule has 0 aromatic heterocycles. The van der Waals surface area contributed by atoms with Crippen molar-refractivity contribution in [2.45, 2.75) is 58.9 Å². The second-order valence-corrected chi connectivity index (χ2v) is 7.55. The highest BCUT2D eigenvalue weighted by molar-refractivity contribution is 6.00. The zero-order chi connectivity index (χ0) is 17.3. The van der Waals surface area contributed by atoms with E-state index in [-0.39, 0.29) is 24.2 Å². The maximum absolute atomic E-state index is 12.4. The Kier molecular flexibility index (Phi) is 6.42. The molecule has 0 bridgehead atoms. The summed E-state index contributed by atoms with van der Waals surface area (Å²) in [6.07, 6.45) is 3.42. The van der Waals surface area contributed by atoms with Gasteiger partial charge in [-0.2, -0.15) is 0 Å². The highest BCUT2D eigenvalue weighted by atomic mass is 35.5. The molecule has 1 aromatic rings. The largest absolute Gasteiger partial charge is 0.325 e. The van der Waals surface area contributed by atoms with E-state index in [4.69, 9.17) is 5.73 Å². The summed E-state index contributed by atoms with van der Waals surface area (Å²) in [5, 5.41) is 5.81. The first-order valence-corrected chi connectivity index (χ1v) is 8.14. The summed E-state index contributed by atoms with van der Waals surface area (Å²) in [5.74, 6) is -0.206. The minimum Gasteiger partial charge on any atom is -0.325 e. The van der Waals surface area contributed by atoms with Crippen molar-refractivity contribution in [1.29, 1.82) is 0 Å². The number of carbonyl (C=O) groups is 2. The van der Waals surface area contributed by atoms with Gasteiger partial charge in [0.2, 0.25) is 11.8 Å². The van der Waals surface area contributed by atoms with Crippen LogP contribution in [0.15, 0.2) is 18.2 Å². The number of benzene rings is 1. The zero-order valence-corrected chi connectivity index (χ0v) is 15.7. The summed E-state index contributed by atoms with van der Waals surface area (Å²) in [6, 6.07) is 5.50. The molecule has 1 fully saturated rings. The second-order valence-electron chi connectivity index (χ2n) is 7.55. The highest BCUT2D eigenvalue weighted by Gasteiger charge is 2.37. The predicted octanol–water partition coefficient (Wildman–Crippen LogP) is 3.61. The molecular formula is C18H28ClN3O2. The van der Waals surface area contributed by atoms with Crippen LogP contribution in [0.4, 0.5) is 11.4 Å². The van der Waals surface area contributed by atoms with Crippen LogP contribution in [0.1, 0.15) is 52.0 Å². The van der Waals surface area contributed by atoms with Crippen molar-refractivity contribution >= 4 is 35.6 Å². The molecule has 0 atom stereocenters. The zero-order valence-electron chi connectivity index (χ0n) is 14.9. The van der Waals surface area contributed by atoms with E-state index in [1.807, 2.05) is 39.8 Å². The molecule has 5 nitrogen and oxygen atoms in total. The third-order valence-electron chi connectivity index (χ3n) is 4.37. The highest BCUT2D eigenvalue weighted by Crippen LogP contribution is 2.29. The summed E-state index contributed by atoms with van der Waals surface area (Å²) in [5.41, 5.74) is 7.25. The van der Waals surface area contributed by atoms with Crippen LogP contribution in [0.5, 0.6) is 0 Å². The van der Waals surface area contributed by atoms with Gasteiger partial charge in [0, 0.05) is 16.8 Å². The molecule has 2 amide bonds. The van der Waals surface area contributed by atoms with Gasteiger partial charge in [-0.15, -0.1) is 12.4 Å². The fraction of sp³-hybridized carbons (Fsp3) is 0.556. The van der Waals surface area contributed by atoms with E-state index < -0.39 is 11.0 Å². The Labute approximate surface area is 150 Å². The standard InChI is InChI=1S/C18H27N3O2.ClH/c1-12-7-8-13(11-14(12)21-15(22)17(2,3)4)20-16(23)18(19)9-5-6-10-18;/h7-8,11H,5-6,9-10,19H2,1-4H3,(H,20,23)(H,21,22);1H. The van der Waals surface area contributed by atoms with Gasteiger partial charge in [-0.1, -0.05) is 39.7 Å². The minimum absolute atomic E-state index is 0. The number of amides is 2. The number of nitrogens with one attached hydrogen (secondary N) is 2. The monoisotopic (exact) mass is 353 g/mol. The Morgan fingerprint density at radius 2 is 1.71 bits per heavy atom. The summed E-state index contributed by atoms with van der Waals surface area (Å²) in [4.78, 5) is 24.6. The molecule has 0 spiro atoms. The number of anilines is 2. The lowest BCUT2D eigenvalue weighted by Crippen LogP contribution is -2.48. The molecule has 0 radical (unpaired) electrons. The van der Waals surface area contributed by atoms with Gasteiger partial charge in [0.05, 0.1) is 5.54 Å². The molecule has 24 heavy (non-hydrogen) atoms. The molecule has 0 aliphatic heterocycles. The van der Waals surface area contributed by atoms with Crippen molar-refractivity contribution in [2.24, 2.45) is 11.1 Å². The van der Waals surface area contributed by atoms with Crippen LogP contribution in [0.2, 0.25) is 0 Å². The number of halogens is 1. The predicted molar refractivity (Wildman–Crippen MR) is 101 cm³/mol. The van der Waals surface area contributed by atoms with Crippen LogP contribution < -0.4 is 16.4 Å². The first-order valence-electron chi connectivity index (χ1n) is 8.14. The fourth-order valence-electron chi connectivity index (χ4n) is 2.63. The smallest absolute Gasteiger partial charge is 0.244 e. The SMILES string of the molecule is Cc1ccc(NC(=O)C2(N)CCCC2)cc1NC(=O)C(C)(C)C.Cl. The van der Waals surface area contributed by atoms with Gasteiger partial charge in [0.15, 0.2) is 0 Å². The van der Waals surface area contributed by atoms with Crippen LogP contribution in [-0.2, 0) is 9.59 Å². The van der Waals surface area contributed by atoms with Gasteiger partial charge in [0.1, 0.15) is 0 Å². The fourth-order valence-corrected chi connectivity index (χ4v) is 2.63. The van der Waals surface area contributed by atoms with Crippen molar-refractivity contribution in [2.75, 3.05) is 10.6 Å². The third kappa shape index (κ3) is 4.71. The molecule has 6 heteroatoms. The van der Waals surface area contributed by atoms with Crippen LogP contribution in [-0.4, -0.2) is 17.4 Å². The maximum Gasteiger partial charge on any atom is 0.244 e. The van der Waals surface area contributed by atoms with Crippen molar-refractivity contribution in [3.8, 4) is 0 Å². The normalized spacial score (nSPS) is 16.2. The second kappa shape index (κ2) is 7.53. The Hall–Kier alpha value is -1.59. The molecular weight excluding hydrogens is 326 g/mol. The lowest BCUT2D eigenvalue weighted by Gasteiger charge is -2.23. The lowest BCUT2D eigenvalue weighted by molar-refractivity contribution is -0.123. The molecule has 1 aromatic carbocycles. The van der Waals surface area contributed by atoms with Crippen LogP contribution in [0.3, 0.4) is 0 Å². The Balaban J connectivity index is 0.00000288. The molecule has 0 saturated heterocycles. The first kappa shape index (κ1) is 20.5. The average molecular weight is 354 g/mol.